The van der Waals surface area contributed by atoms with E-state index in [-0.39, 0.29) is 12.1 Å². The van der Waals surface area contributed by atoms with Gasteiger partial charge in [0, 0.05) is 5.92 Å². The third kappa shape index (κ3) is 2.91. The lowest BCUT2D eigenvalue weighted by Crippen LogP contribution is -2.09. The first-order valence-corrected chi connectivity index (χ1v) is 4.43. The first-order chi connectivity index (χ1) is 5.24. The van der Waals surface area contributed by atoms with Gasteiger partial charge >= 0.3 is 5.97 Å². The minimum absolute atomic E-state index is 0.0330. The van der Waals surface area contributed by atoms with Crippen LogP contribution in [0, 0.1) is 5.92 Å². The molecule has 2 heteroatoms. The maximum Gasteiger partial charge on any atom is 0.306 e. The van der Waals surface area contributed by atoms with E-state index < -0.39 is 0 Å². The summed E-state index contributed by atoms with van der Waals surface area (Å²) in [6.45, 7) is 8.04. The second-order valence-corrected chi connectivity index (χ2v) is 2.57. The Morgan fingerprint density at radius 2 is 2.09 bits per heavy atom. The Balaban J connectivity index is 0.000000461. The van der Waals surface area contributed by atoms with Crippen molar-refractivity contribution in [3.05, 3.63) is 0 Å². The summed E-state index contributed by atoms with van der Waals surface area (Å²) in [5.41, 5.74) is 0. The second kappa shape index (κ2) is 5.16. The van der Waals surface area contributed by atoms with E-state index in [0.717, 1.165) is 6.42 Å². The van der Waals surface area contributed by atoms with Gasteiger partial charge in [-0.1, -0.05) is 20.8 Å². The van der Waals surface area contributed by atoms with Crippen molar-refractivity contribution in [3.63, 3.8) is 0 Å². The first-order valence-electron chi connectivity index (χ1n) is 4.43. The fourth-order valence-corrected chi connectivity index (χ4v) is 1.21. The van der Waals surface area contributed by atoms with Crippen LogP contribution in [0.1, 0.15) is 40.5 Å². The quantitative estimate of drug-likeness (QED) is 0.548. The van der Waals surface area contributed by atoms with Crippen molar-refractivity contribution in [2.24, 2.45) is 5.92 Å². The van der Waals surface area contributed by atoms with Crippen LogP contribution in [0.25, 0.3) is 0 Å². The Labute approximate surface area is 68.9 Å². The van der Waals surface area contributed by atoms with Crippen molar-refractivity contribution < 1.29 is 9.53 Å². The van der Waals surface area contributed by atoms with E-state index in [1.54, 1.807) is 0 Å². The van der Waals surface area contributed by atoms with Gasteiger partial charge in [-0.25, -0.2) is 0 Å². The van der Waals surface area contributed by atoms with Crippen LogP contribution in [0.4, 0.5) is 0 Å². The van der Waals surface area contributed by atoms with Crippen molar-refractivity contribution in [3.8, 4) is 0 Å². The summed E-state index contributed by atoms with van der Waals surface area (Å²) in [5, 5.41) is 0. The summed E-state index contributed by atoms with van der Waals surface area (Å²) in [5.74, 6) is 0.437. The van der Waals surface area contributed by atoms with Gasteiger partial charge in [0.25, 0.3) is 0 Å². The number of carbonyl (C=O) groups is 1. The molecule has 1 fully saturated rings. The normalized spacial score (nSPS) is 28.9. The molecule has 0 saturated carbocycles. The standard InChI is InChI=1S/C7H12O2.C2H6/c1-3-6-4-7(8)9-5(6)2;1-2/h5-6H,3-4H2,1-2H3;1-2H3/t5-,6-;/m0./s1. The van der Waals surface area contributed by atoms with Crippen molar-refractivity contribution >= 4 is 5.97 Å². The summed E-state index contributed by atoms with van der Waals surface area (Å²) >= 11 is 0. The molecule has 0 aromatic rings. The lowest BCUT2D eigenvalue weighted by molar-refractivity contribution is -0.140. The van der Waals surface area contributed by atoms with Crippen molar-refractivity contribution in [2.45, 2.75) is 46.6 Å². The van der Waals surface area contributed by atoms with Gasteiger partial charge in [-0.15, -0.1) is 0 Å². The number of ether oxygens (including phenoxy) is 1. The van der Waals surface area contributed by atoms with Crippen molar-refractivity contribution in [1.29, 1.82) is 0 Å². The highest BCUT2D eigenvalue weighted by molar-refractivity contribution is 5.71. The second-order valence-electron chi connectivity index (χ2n) is 2.57. The molecular weight excluding hydrogens is 140 g/mol. The number of hydrogen-bond acceptors (Lipinski definition) is 2. The third-order valence-electron chi connectivity index (χ3n) is 1.93. The Bertz CT molecular complexity index is 121. The molecule has 0 aromatic carbocycles. The SMILES string of the molecule is CC.CC[C@H]1CC(=O)O[C@H]1C. The van der Waals surface area contributed by atoms with Crippen LogP contribution in [-0.2, 0) is 9.53 Å². The largest absolute Gasteiger partial charge is 0.462 e. The average molecular weight is 158 g/mol. The number of cyclic esters (lactones) is 1. The minimum Gasteiger partial charge on any atom is -0.462 e. The third-order valence-corrected chi connectivity index (χ3v) is 1.93. The summed E-state index contributed by atoms with van der Waals surface area (Å²) in [6, 6.07) is 0. The van der Waals surface area contributed by atoms with Gasteiger partial charge in [0.15, 0.2) is 0 Å². The zero-order valence-electron chi connectivity index (χ0n) is 7.89. The van der Waals surface area contributed by atoms with Gasteiger partial charge in [-0.3, -0.25) is 4.79 Å². The lowest BCUT2D eigenvalue weighted by Gasteiger charge is -2.07. The van der Waals surface area contributed by atoms with E-state index in [9.17, 15) is 4.79 Å². The molecule has 2 nitrogen and oxygen atoms in total. The summed E-state index contributed by atoms with van der Waals surface area (Å²) in [4.78, 5) is 10.6. The fourth-order valence-electron chi connectivity index (χ4n) is 1.21. The van der Waals surface area contributed by atoms with Crippen LogP contribution in [0.5, 0.6) is 0 Å². The van der Waals surface area contributed by atoms with Gasteiger partial charge in [-0.05, 0) is 13.3 Å². The highest BCUT2D eigenvalue weighted by Gasteiger charge is 2.29. The van der Waals surface area contributed by atoms with E-state index in [1.807, 2.05) is 20.8 Å². The highest BCUT2D eigenvalue weighted by atomic mass is 16.5. The van der Waals surface area contributed by atoms with Crippen LogP contribution in [0.15, 0.2) is 0 Å². The van der Waals surface area contributed by atoms with E-state index in [4.69, 9.17) is 4.74 Å². The molecule has 2 atom stereocenters. The van der Waals surface area contributed by atoms with Crippen molar-refractivity contribution in [1.82, 2.24) is 0 Å². The van der Waals surface area contributed by atoms with Crippen molar-refractivity contribution in [2.75, 3.05) is 0 Å². The molecular formula is C9H18O2. The molecule has 0 unspecified atom stereocenters. The van der Waals surface area contributed by atoms with Crippen LogP contribution in [0.3, 0.4) is 0 Å². The van der Waals surface area contributed by atoms with Crippen LogP contribution >= 0.6 is 0 Å². The Kier molecular flexibility index (Phi) is 4.92. The Morgan fingerprint density at radius 1 is 1.55 bits per heavy atom. The molecule has 1 rings (SSSR count). The van der Waals surface area contributed by atoms with Gasteiger partial charge in [0.05, 0.1) is 6.42 Å². The number of esters is 1. The number of hydrogen-bond donors (Lipinski definition) is 0. The smallest absolute Gasteiger partial charge is 0.306 e. The lowest BCUT2D eigenvalue weighted by atomic mass is 10.0. The van der Waals surface area contributed by atoms with E-state index >= 15 is 0 Å². The molecule has 0 aliphatic carbocycles. The van der Waals surface area contributed by atoms with Gasteiger partial charge in [-0.2, -0.15) is 0 Å². The molecule has 0 N–H and O–H groups in total. The molecule has 0 bridgehead atoms. The summed E-state index contributed by atoms with van der Waals surface area (Å²) < 4.78 is 4.93. The Hall–Kier alpha value is -0.530. The molecule has 1 aliphatic rings. The molecule has 1 saturated heterocycles. The average Bonchev–Trinajstić information content (AvgIpc) is 2.33. The predicted octanol–water partition coefficient (Wildman–Crippen LogP) is 2.37. The zero-order chi connectivity index (χ0) is 8.85. The Morgan fingerprint density at radius 3 is 2.27 bits per heavy atom. The molecule has 0 aromatic heterocycles. The van der Waals surface area contributed by atoms with E-state index in [0.29, 0.717) is 12.3 Å². The molecule has 0 amide bonds. The maximum atomic E-state index is 10.6. The highest BCUT2D eigenvalue weighted by Crippen LogP contribution is 2.23. The molecule has 1 heterocycles. The summed E-state index contributed by atoms with van der Waals surface area (Å²) in [6.07, 6.45) is 1.83. The van der Waals surface area contributed by atoms with Crippen LogP contribution in [0.2, 0.25) is 0 Å². The van der Waals surface area contributed by atoms with Gasteiger partial charge in [0.2, 0.25) is 0 Å². The first kappa shape index (κ1) is 10.5. The van der Waals surface area contributed by atoms with Crippen LogP contribution in [-0.4, -0.2) is 12.1 Å². The monoisotopic (exact) mass is 158 g/mol. The fraction of sp³-hybridized carbons (Fsp3) is 0.889. The minimum atomic E-state index is -0.0330. The molecule has 66 valence electrons. The molecule has 1 aliphatic heterocycles. The van der Waals surface area contributed by atoms with E-state index in [1.165, 1.54) is 0 Å². The zero-order valence-corrected chi connectivity index (χ0v) is 7.89. The van der Waals surface area contributed by atoms with Crippen LogP contribution < -0.4 is 0 Å². The van der Waals surface area contributed by atoms with Gasteiger partial charge < -0.3 is 4.74 Å². The number of carbonyl (C=O) groups excluding carboxylic acids is 1. The molecule has 0 radical (unpaired) electrons. The summed E-state index contributed by atoms with van der Waals surface area (Å²) in [7, 11) is 0. The molecule has 0 spiro atoms. The predicted molar refractivity (Wildman–Crippen MR) is 45.3 cm³/mol. The topological polar surface area (TPSA) is 26.3 Å². The van der Waals surface area contributed by atoms with Gasteiger partial charge in [0.1, 0.15) is 6.10 Å². The molecule has 11 heavy (non-hydrogen) atoms. The van der Waals surface area contributed by atoms with E-state index in [2.05, 4.69) is 6.92 Å². The maximum absolute atomic E-state index is 10.6. The number of rotatable bonds is 1.